The number of carbonyl (C=O) groups excluding carboxylic acids is 5. The molecule has 0 aliphatic heterocycles. The van der Waals surface area contributed by atoms with Crippen LogP contribution < -0.4 is 33.2 Å². The second-order valence-electron chi connectivity index (χ2n) is 6.47. The second-order valence-corrected chi connectivity index (χ2v) is 6.47. The topological polar surface area (TPSA) is 265 Å². The third-order valence-corrected chi connectivity index (χ3v) is 3.83. The van der Waals surface area contributed by atoms with Gasteiger partial charge >= 0.3 is 5.97 Å². The van der Waals surface area contributed by atoms with Gasteiger partial charge in [0.1, 0.15) is 12.1 Å². The molecule has 11 N–H and O–H groups in total. The number of hydrogen-bond donors (Lipinski definition) is 8. The number of aliphatic carboxylic acids is 1. The average molecular weight is 440 g/mol. The molecule has 170 valence electrons. The van der Waals surface area contributed by atoms with Gasteiger partial charge < -0.3 is 43.2 Å². The van der Waals surface area contributed by atoms with Crippen LogP contribution in [0.1, 0.15) is 18.5 Å². The number of aromatic amines is 1. The Morgan fingerprint density at radius 2 is 1.61 bits per heavy atom. The van der Waals surface area contributed by atoms with Crippen molar-refractivity contribution in [3.8, 4) is 0 Å². The number of amides is 5. The van der Waals surface area contributed by atoms with Crippen molar-refractivity contribution >= 4 is 35.5 Å². The van der Waals surface area contributed by atoms with Gasteiger partial charge in [0.15, 0.2) is 0 Å². The Morgan fingerprint density at radius 1 is 1.00 bits per heavy atom. The summed E-state index contributed by atoms with van der Waals surface area (Å²) in [6.07, 6.45) is 1.66. The number of nitrogens with zero attached hydrogens (tertiary/aromatic N) is 1. The average Bonchev–Trinajstić information content (AvgIpc) is 3.17. The molecule has 0 bridgehead atoms. The quantitative estimate of drug-likeness (QED) is 0.146. The van der Waals surface area contributed by atoms with Gasteiger partial charge in [0, 0.05) is 18.3 Å². The van der Waals surface area contributed by atoms with Crippen molar-refractivity contribution in [2.75, 3.05) is 6.54 Å². The number of nitrogens with one attached hydrogen (secondary N) is 4. The molecule has 3 unspecified atom stereocenters. The molecule has 0 saturated carbocycles. The molecule has 0 aliphatic rings. The molecule has 1 aromatic heterocycles. The van der Waals surface area contributed by atoms with Gasteiger partial charge in [0.25, 0.3) is 0 Å². The maximum absolute atomic E-state index is 12.3. The van der Waals surface area contributed by atoms with Crippen molar-refractivity contribution in [2.45, 2.75) is 37.4 Å². The summed E-state index contributed by atoms with van der Waals surface area (Å²) >= 11 is 0. The van der Waals surface area contributed by atoms with Gasteiger partial charge in [-0.2, -0.15) is 0 Å². The van der Waals surface area contributed by atoms with Gasteiger partial charge in [-0.15, -0.1) is 0 Å². The number of carbonyl (C=O) groups is 6. The minimum atomic E-state index is -1.67. The highest BCUT2D eigenvalue weighted by atomic mass is 16.4. The summed E-state index contributed by atoms with van der Waals surface area (Å²) in [6.45, 7) is -0.582. The van der Waals surface area contributed by atoms with Crippen LogP contribution in [0.4, 0.5) is 0 Å². The van der Waals surface area contributed by atoms with Crippen LogP contribution in [0.25, 0.3) is 0 Å². The highest BCUT2D eigenvalue weighted by Gasteiger charge is 2.29. The Bertz CT molecular complexity index is 826. The summed E-state index contributed by atoms with van der Waals surface area (Å²) in [5.74, 6) is -6.11. The van der Waals surface area contributed by atoms with E-state index in [9.17, 15) is 28.8 Å². The van der Waals surface area contributed by atoms with E-state index in [2.05, 4.69) is 20.6 Å². The van der Waals surface area contributed by atoms with E-state index in [1.54, 1.807) is 0 Å². The van der Waals surface area contributed by atoms with Crippen LogP contribution in [-0.2, 0) is 35.2 Å². The van der Waals surface area contributed by atoms with Crippen LogP contribution in [0.15, 0.2) is 12.5 Å². The van der Waals surface area contributed by atoms with Crippen LogP contribution in [0.2, 0.25) is 0 Å². The standard InChI is InChI=1S/C16H24N8O7/c17-8(1-7-4-20-6-22-7)14(28)21-5-13(27)23-9(2-11(18)25)15(29)24-10(16(30)31)3-12(19)26/h4,6,8-10H,1-3,5,17H2,(H2,18,25)(H2,19,26)(H,20,22)(H,21,28)(H,23,27)(H,24,29)(H,30,31). The van der Waals surface area contributed by atoms with Crippen molar-refractivity contribution in [2.24, 2.45) is 17.2 Å². The Morgan fingerprint density at radius 3 is 2.13 bits per heavy atom. The number of imidazole rings is 1. The lowest BCUT2D eigenvalue weighted by molar-refractivity contribution is -0.143. The van der Waals surface area contributed by atoms with E-state index in [4.69, 9.17) is 22.3 Å². The van der Waals surface area contributed by atoms with Crippen molar-refractivity contribution in [1.29, 1.82) is 0 Å². The molecule has 1 heterocycles. The fourth-order valence-electron chi connectivity index (χ4n) is 2.35. The monoisotopic (exact) mass is 440 g/mol. The predicted molar refractivity (Wildman–Crippen MR) is 102 cm³/mol. The van der Waals surface area contributed by atoms with E-state index in [0.29, 0.717) is 5.69 Å². The third-order valence-electron chi connectivity index (χ3n) is 3.83. The number of aromatic nitrogens is 2. The van der Waals surface area contributed by atoms with Crippen molar-refractivity contribution in [3.63, 3.8) is 0 Å². The first-order chi connectivity index (χ1) is 14.5. The molecule has 31 heavy (non-hydrogen) atoms. The van der Waals surface area contributed by atoms with Crippen LogP contribution in [0, 0.1) is 0 Å². The Balaban J connectivity index is 2.64. The van der Waals surface area contributed by atoms with Crippen molar-refractivity contribution < 1.29 is 33.9 Å². The first-order valence-corrected chi connectivity index (χ1v) is 8.89. The normalized spacial score (nSPS) is 13.3. The highest BCUT2D eigenvalue weighted by Crippen LogP contribution is 1.98. The zero-order chi connectivity index (χ0) is 23.6. The smallest absolute Gasteiger partial charge is 0.326 e. The zero-order valence-corrected chi connectivity index (χ0v) is 16.3. The first-order valence-electron chi connectivity index (χ1n) is 8.89. The van der Waals surface area contributed by atoms with Gasteiger partial charge in [-0.1, -0.05) is 0 Å². The lowest BCUT2D eigenvalue weighted by Gasteiger charge is -2.20. The Hall–Kier alpha value is -4.01. The third kappa shape index (κ3) is 9.35. The number of carboxylic acids is 1. The Kier molecular flexibility index (Phi) is 9.58. The maximum atomic E-state index is 12.3. The Labute approximate surface area is 175 Å². The number of H-pyrrole nitrogens is 1. The van der Waals surface area contributed by atoms with E-state index in [1.807, 2.05) is 5.32 Å². The number of hydrogen-bond acceptors (Lipinski definition) is 8. The van der Waals surface area contributed by atoms with E-state index in [0.717, 1.165) is 0 Å². The molecule has 1 rings (SSSR count). The van der Waals surface area contributed by atoms with Gasteiger partial charge in [-0.05, 0) is 0 Å². The molecule has 1 aromatic rings. The van der Waals surface area contributed by atoms with Crippen LogP contribution >= 0.6 is 0 Å². The molecule has 0 radical (unpaired) electrons. The van der Waals surface area contributed by atoms with Gasteiger partial charge in [-0.25, -0.2) is 9.78 Å². The van der Waals surface area contributed by atoms with Gasteiger partial charge in [-0.3, -0.25) is 24.0 Å². The van der Waals surface area contributed by atoms with Crippen LogP contribution in [0.3, 0.4) is 0 Å². The molecular formula is C16H24N8O7. The maximum Gasteiger partial charge on any atom is 0.326 e. The van der Waals surface area contributed by atoms with E-state index >= 15 is 0 Å². The minimum absolute atomic E-state index is 0.136. The summed E-state index contributed by atoms with van der Waals surface area (Å²) in [5, 5.41) is 15.4. The fourth-order valence-corrected chi connectivity index (χ4v) is 2.35. The number of carboxylic acid groups (broad SMARTS) is 1. The SMILES string of the molecule is NC(=O)CC(NC(=O)C(CC(N)=O)NC(=O)CNC(=O)C(N)Cc1cnc[nH]1)C(=O)O. The number of nitrogens with two attached hydrogens (primary N) is 3. The molecule has 15 nitrogen and oxygen atoms in total. The second kappa shape index (κ2) is 11.9. The van der Waals surface area contributed by atoms with Crippen LogP contribution in [0.5, 0.6) is 0 Å². The molecule has 0 aliphatic carbocycles. The summed E-state index contributed by atoms with van der Waals surface area (Å²) in [4.78, 5) is 76.1. The summed E-state index contributed by atoms with van der Waals surface area (Å²) < 4.78 is 0. The molecule has 3 atom stereocenters. The fraction of sp³-hybridized carbons (Fsp3) is 0.438. The summed E-state index contributed by atoms with van der Waals surface area (Å²) in [6, 6.07) is -4.20. The largest absolute Gasteiger partial charge is 0.480 e. The number of rotatable bonds is 13. The molecule has 0 fully saturated rings. The van der Waals surface area contributed by atoms with E-state index in [-0.39, 0.29) is 6.42 Å². The predicted octanol–water partition coefficient (Wildman–Crippen LogP) is -4.80. The number of primary amides is 2. The first kappa shape index (κ1) is 25.0. The van der Waals surface area contributed by atoms with Gasteiger partial charge in [0.05, 0.1) is 31.8 Å². The molecule has 0 aromatic carbocycles. The van der Waals surface area contributed by atoms with E-state index < -0.39 is 73.0 Å². The van der Waals surface area contributed by atoms with Crippen molar-refractivity contribution in [3.05, 3.63) is 18.2 Å². The lowest BCUT2D eigenvalue weighted by atomic mass is 10.1. The highest BCUT2D eigenvalue weighted by molar-refractivity contribution is 5.95. The van der Waals surface area contributed by atoms with Gasteiger partial charge in [0.2, 0.25) is 29.5 Å². The van der Waals surface area contributed by atoms with Crippen LogP contribution in [-0.4, -0.2) is 75.2 Å². The van der Waals surface area contributed by atoms with E-state index in [1.165, 1.54) is 12.5 Å². The van der Waals surface area contributed by atoms with Crippen molar-refractivity contribution in [1.82, 2.24) is 25.9 Å². The zero-order valence-electron chi connectivity index (χ0n) is 16.3. The summed E-state index contributed by atoms with van der Waals surface area (Å²) in [5.41, 5.74) is 16.3. The molecule has 5 amide bonds. The lowest BCUT2D eigenvalue weighted by Crippen LogP contribution is -2.55. The molecule has 0 spiro atoms. The molecule has 15 heteroatoms. The minimum Gasteiger partial charge on any atom is -0.480 e. The molecule has 0 saturated heterocycles. The molecular weight excluding hydrogens is 416 g/mol. The summed E-state index contributed by atoms with van der Waals surface area (Å²) in [7, 11) is 0.